The molecule has 45 heavy (non-hydrogen) atoms. The lowest BCUT2D eigenvalue weighted by molar-refractivity contribution is -0.143. The normalized spacial score (nSPS) is 19.3. The van der Waals surface area contributed by atoms with Crippen LogP contribution in [0.4, 0.5) is 5.69 Å². The number of carbonyl (C=O) groups is 2. The lowest BCUT2D eigenvalue weighted by Gasteiger charge is -2.27. The summed E-state index contributed by atoms with van der Waals surface area (Å²) in [5.74, 6) is -0.163. The van der Waals surface area contributed by atoms with E-state index in [1.54, 1.807) is 0 Å². The molecule has 0 bridgehead atoms. The molecule has 0 aliphatic carbocycles. The molecule has 8 heteroatoms. The average molecular weight is 615 g/mol. The first-order chi connectivity index (χ1) is 21.8. The molecule has 5 rings (SSSR count). The molecule has 0 radical (unpaired) electrons. The van der Waals surface area contributed by atoms with Gasteiger partial charge in [-0.3, -0.25) is 14.5 Å². The van der Waals surface area contributed by atoms with Gasteiger partial charge in [-0.25, -0.2) is 0 Å². The maximum Gasteiger partial charge on any atom is 0.309 e. The van der Waals surface area contributed by atoms with Gasteiger partial charge in [0.05, 0.1) is 19.1 Å². The van der Waals surface area contributed by atoms with Crippen LogP contribution in [0.1, 0.15) is 79.8 Å². The number of benzene rings is 3. The molecule has 0 spiro atoms. The molecule has 2 aliphatic heterocycles. The van der Waals surface area contributed by atoms with Crippen LogP contribution in [0.15, 0.2) is 54.6 Å². The summed E-state index contributed by atoms with van der Waals surface area (Å²) in [5.41, 5.74) is 5.95. The lowest BCUT2D eigenvalue weighted by Crippen LogP contribution is -2.35. The van der Waals surface area contributed by atoms with Gasteiger partial charge in [0.2, 0.25) is 5.91 Å². The Bertz CT molecular complexity index is 1460. The van der Waals surface area contributed by atoms with Gasteiger partial charge in [-0.2, -0.15) is 0 Å². The number of hydrogen-bond donors (Lipinski definition) is 2. The molecule has 2 N–H and O–H groups in total. The molecule has 3 aromatic rings. The lowest BCUT2D eigenvalue weighted by atomic mass is 9.82. The zero-order valence-corrected chi connectivity index (χ0v) is 26.9. The van der Waals surface area contributed by atoms with Gasteiger partial charge in [-0.15, -0.1) is 0 Å². The minimum atomic E-state index is -0.900. The number of rotatable bonds is 13. The van der Waals surface area contributed by atoms with Crippen LogP contribution in [0.2, 0.25) is 0 Å². The van der Waals surface area contributed by atoms with Gasteiger partial charge in [0, 0.05) is 24.2 Å². The third kappa shape index (κ3) is 7.44. The number of hydrogen-bond acceptors (Lipinski definition) is 6. The van der Waals surface area contributed by atoms with Crippen LogP contribution in [-0.4, -0.2) is 54.8 Å². The van der Waals surface area contributed by atoms with Crippen molar-refractivity contribution in [2.45, 2.75) is 71.8 Å². The van der Waals surface area contributed by atoms with E-state index in [0.717, 1.165) is 65.8 Å². The van der Waals surface area contributed by atoms with E-state index >= 15 is 0 Å². The van der Waals surface area contributed by atoms with Crippen LogP contribution in [0.5, 0.6) is 17.2 Å². The highest BCUT2D eigenvalue weighted by Crippen LogP contribution is 2.47. The van der Waals surface area contributed by atoms with Gasteiger partial charge in [-0.1, -0.05) is 69.5 Å². The van der Waals surface area contributed by atoms with Crippen molar-refractivity contribution in [2.75, 3.05) is 38.2 Å². The number of amides is 1. The molecule has 240 valence electrons. The summed E-state index contributed by atoms with van der Waals surface area (Å²) in [7, 11) is 0. The number of nitrogens with one attached hydrogen (secondary N) is 1. The zero-order chi connectivity index (χ0) is 31.9. The topological polar surface area (TPSA) is 97.3 Å². The van der Waals surface area contributed by atoms with E-state index in [1.165, 1.54) is 5.56 Å². The zero-order valence-electron chi connectivity index (χ0n) is 26.9. The van der Waals surface area contributed by atoms with Crippen molar-refractivity contribution in [3.05, 3.63) is 82.4 Å². The minimum absolute atomic E-state index is 0.0605. The van der Waals surface area contributed by atoms with Crippen molar-refractivity contribution in [2.24, 2.45) is 5.92 Å². The second kappa shape index (κ2) is 14.8. The molecular formula is C37H46N2O6. The monoisotopic (exact) mass is 614 g/mol. The van der Waals surface area contributed by atoms with Crippen molar-refractivity contribution >= 4 is 17.6 Å². The largest absolute Gasteiger partial charge is 0.494 e. The van der Waals surface area contributed by atoms with Gasteiger partial charge < -0.3 is 24.6 Å². The number of unbranched alkanes of at least 4 members (excludes halogenated alkanes) is 2. The summed E-state index contributed by atoms with van der Waals surface area (Å²) in [5, 5.41) is 13.9. The smallest absolute Gasteiger partial charge is 0.309 e. The fourth-order valence-corrected chi connectivity index (χ4v) is 6.75. The molecule has 1 unspecified atom stereocenters. The molecule has 3 aromatic carbocycles. The number of carbonyl (C=O) groups excluding carboxylic acids is 1. The van der Waals surface area contributed by atoms with Crippen molar-refractivity contribution in [3.63, 3.8) is 0 Å². The van der Waals surface area contributed by atoms with Gasteiger partial charge in [0.15, 0.2) is 11.5 Å². The number of carboxylic acid groups (broad SMARTS) is 1. The maximum absolute atomic E-state index is 13.7. The Morgan fingerprint density at radius 1 is 0.911 bits per heavy atom. The summed E-state index contributed by atoms with van der Waals surface area (Å²) in [6.07, 6.45) is 4.83. The summed E-state index contributed by atoms with van der Waals surface area (Å²) < 4.78 is 17.5. The maximum atomic E-state index is 13.7. The van der Waals surface area contributed by atoms with E-state index in [9.17, 15) is 14.7 Å². The minimum Gasteiger partial charge on any atom is -0.494 e. The number of aryl methyl sites for hydroxylation is 3. The van der Waals surface area contributed by atoms with Crippen LogP contribution >= 0.6 is 0 Å². The van der Waals surface area contributed by atoms with E-state index in [0.29, 0.717) is 37.9 Å². The fraction of sp³-hybridized carbons (Fsp3) is 0.459. The first-order valence-corrected chi connectivity index (χ1v) is 16.3. The second-order valence-electron chi connectivity index (χ2n) is 12.1. The Kier molecular flexibility index (Phi) is 10.7. The molecular weight excluding hydrogens is 568 g/mol. The standard InChI is InChI=1S/C37H46N2O6/c1-5-8-9-16-43-29-13-10-27(11-14-29)36-34(37(41)42)30(28-12-15-31-32(21-28)45-18-17-44-31)22-39(36)23-33(40)38-35-25(6-2)19-24(4)20-26(35)7-3/h10-15,19-21,30,34,36H,5-9,16-18,22-23H2,1-4H3,(H,38,40)(H,41,42)/t30-,34?,36+/m1/s1. The van der Waals surface area contributed by atoms with Crippen LogP contribution in [0.3, 0.4) is 0 Å². The summed E-state index contributed by atoms with van der Waals surface area (Å²) >= 11 is 0. The van der Waals surface area contributed by atoms with Crippen molar-refractivity contribution in [3.8, 4) is 17.2 Å². The summed E-state index contributed by atoms with van der Waals surface area (Å²) in [4.78, 5) is 28.8. The summed E-state index contributed by atoms with van der Waals surface area (Å²) in [6, 6.07) is 17.1. The highest BCUT2D eigenvalue weighted by Gasteiger charge is 2.48. The van der Waals surface area contributed by atoms with E-state index < -0.39 is 17.9 Å². The van der Waals surface area contributed by atoms with E-state index in [2.05, 4.69) is 45.1 Å². The van der Waals surface area contributed by atoms with Crippen molar-refractivity contribution in [1.29, 1.82) is 0 Å². The number of carboxylic acids is 1. The molecule has 1 saturated heterocycles. The first kappa shape index (κ1) is 32.4. The van der Waals surface area contributed by atoms with Crippen molar-refractivity contribution in [1.82, 2.24) is 4.90 Å². The van der Waals surface area contributed by atoms with Crippen LogP contribution in [-0.2, 0) is 22.4 Å². The Labute approximate surface area is 266 Å². The molecule has 1 amide bonds. The highest BCUT2D eigenvalue weighted by molar-refractivity contribution is 5.94. The van der Waals surface area contributed by atoms with E-state index in [4.69, 9.17) is 14.2 Å². The Morgan fingerprint density at radius 3 is 2.22 bits per heavy atom. The predicted molar refractivity (Wildman–Crippen MR) is 176 cm³/mol. The number of nitrogens with zero attached hydrogens (tertiary/aromatic N) is 1. The molecule has 1 fully saturated rings. The number of likely N-dealkylation sites (tertiary alicyclic amines) is 1. The number of fused-ring (bicyclic) bond motifs is 1. The molecule has 3 atom stereocenters. The Morgan fingerprint density at radius 2 is 1.58 bits per heavy atom. The Hall–Kier alpha value is -4.04. The molecule has 2 aliphatic rings. The quantitative estimate of drug-likeness (QED) is 0.201. The SMILES string of the molecule is CCCCCOc1ccc([C@H]2C(C(=O)O)[C@@H](c3ccc4c(c3)OCCO4)CN2CC(=O)Nc2c(CC)cc(C)cc2CC)cc1. The van der Waals surface area contributed by atoms with Crippen molar-refractivity contribution < 1.29 is 28.9 Å². The molecule has 0 saturated carbocycles. The van der Waals surface area contributed by atoms with Gasteiger partial charge >= 0.3 is 5.97 Å². The fourth-order valence-electron chi connectivity index (χ4n) is 6.75. The second-order valence-corrected chi connectivity index (χ2v) is 12.1. The van der Waals surface area contributed by atoms with Crippen LogP contribution in [0.25, 0.3) is 0 Å². The number of ether oxygens (including phenoxy) is 3. The average Bonchev–Trinajstić information content (AvgIpc) is 3.42. The van der Waals surface area contributed by atoms with E-state index in [1.807, 2.05) is 47.4 Å². The van der Waals surface area contributed by atoms with Gasteiger partial charge in [0.1, 0.15) is 19.0 Å². The van der Waals surface area contributed by atoms with Gasteiger partial charge in [-0.05, 0) is 72.7 Å². The summed E-state index contributed by atoms with van der Waals surface area (Å²) in [6.45, 7) is 10.5. The Balaban J connectivity index is 1.45. The van der Waals surface area contributed by atoms with Crippen LogP contribution < -0.4 is 19.5 Å². The van der Waals surface area contributed by atoms with Gasteiger partial charge in [0.25, 0.3) is 0 Å². The van der Waals surface area contributed by atoms with Crippen LogP contribution in [0, 0.1) is 12.8 Å². The van der Waals surface area contributed by atoms with E-state index in [-0.39, 0.29) is 18.4 Å². The molecule has 0 aromatic heterocycles. The number of aliphatic carboxylic acids is 1. The third-order valence-electron chi connectivity index (χ3n) is 8.93. The molecule has 8 nitrogen and oxygen atoms in total. The predicted octanol–water partition coefficient (Wildman–Crippen LogP) is 6.94. The number of anilines is 1. The third-order valence-corrected chi connectivity index (χ3v) is 8.93. The molecule has 2 heterocycles. The highest BCUT2D eigenvalue weighted by atomic mass is 16.6. The first-order valence-electron chi connectivity index (χ1n) is 16.3.